The number of benzene rings is 2. The number of aromatic amines is 1. The Balaban J connectivity index is 1.32. The molecular formula is C23H20ClN5O. The van der Waals surface area contributed by atoms with Crippen molar-refractivity contribution < 1.29 is 4.79 Å². The number of H-pyrrole nitrogens is 1. The topological polar surface area (TPSA) is 65.1 Å². The first-order valence-corrected chi connectivity index (χ1v) is 10.3. The SMILES string of the molecule is O=C(c1cc2cnc(-c3ccccc3)nc2[nH]1)N1CCN(c2ccccc2Cl)CC1. The summed E-state index contributed by atoms with van der Waals surface area (Å²) in [6.45, 7) is 2.77. The van der Waals surface area contributed by atoms with Crippen molar-refractivity contribution >= 4 is 34.2 Å². The van der Waals surface area contributed by atoms with E-state index in [0.29, 0.717) is 30.3 Å². The second-order valence-electron chi connectivity index (χ2n) is 7.28. The van der Waals surface area contributed by atoms with Gasteiger partial charge in [0.05, 0.1) is 10.7 Å². The maximum Gasteiger partial charge on any atom is 0.270 e. The van der Waals surface area contributed by atoms with E-state index >= 15 is 0 Å². The zero-order valence-corrected chi connectivity index (χ0v) is 17.0. The molecule has 4 aromatic rings. The van der Waals surface area contributed by atoms with Crippen LogP contribution in [-0.2, 0) is 0 Å². The summed E-state index contributed by atoms with van der Waals surface area (Å²) in [5.74, 6) is 0.616. The molecule has 1 amide bonds. The van der Waals surface area contributed by atoms with Gasteiger partial charge in [-0.25, -0.2) is 9.97 Å². The van der Waals surface area contributed by atoms with Crippen molar-refractivity contribution in [2.24, 2.45) is 0 Å². The van der Waals surface area contributed by atoms with Gasteiger partial charge in [0.15, 0.2) is 5.82 Å². The van der Waals surface area contributed by atoms with Gasteiger partial charge in [0.1, 0.15) is 11.3 Å². The van der Waals surface area contributed by atoms with Gasteiger partial charge in [-0.1, -0.05) is 54.1 Å². The fourth-order valence-electron chi connectivity index (χ4n) is 3.79. The fraction of sp³-hybridized carbons (Fsp3) is 0.174. The van der Waals surface area contributed by atoms with E-state index in [4.69, 9.17) is 11.6 Å². The minimum atomic E-state index is -0.0203. The minimum Gasteiger partial charge on any atom is -0.367 e. The normalized spacial score (nSPS) is 14.3. The molecule has 3 heterocycles. The van der Waals surface area contributed by atoms with Gasteiger partial charge in [0, 0.05) is 43.3 Å². The van der Waals surface area contributed by atoms with Crippen LogP contribution in [-0.4, -0.2) is 51.9 Å². The van der Waals surface area contributed by atoms with Gasteiger partial charge < -0.3 is 14.8 Å². The zero-order chi connectivity index (χ0) is 20.5. The average molecular weight is 418 g/mol. The summed E-state index contributed by atoms with van der Waals surface area (Å²) in [4.78, 5) is 29.3. The molecule has 0 radical (unpaired) electrons. The highest BCUT2D eigenvalue weighted by Gasteiger charge is 2.24. The van der Waals surface area contributed by atoms with Crippen LogP contribution >= 0.6 is 11.6 Å². The maximum absolute atomic E-state index is 13.0. The first-order valence-electron chi connectivity index (χ1n) is 9.89. The summed E-state index contributed by atoms with van der Waals surface area (Å²) in [5, 5.41) is 1.56. The number of aromatic nitrogens is 3. The molecule has 0 atom stereocenters. The molecule has 1 saturated heterocycles. The molecule has 0 saturated carbocycles. The Morgan fingerprint density at radius 2 is 1.70 bits per heavy atom. The lowest BCUT2D eigenvalue weighted by Crippen LogP contribution is -2.49. The van der Waals surface area contributed by atoms with Gasteiger partial charge in [-0.3, -0.25) is 4.79 Å². The van der Waals surface area contributed by atoms with Crippen LogP contribution in [0, 0.1) is 0 Å². The summed E-state index contributed by atoms with van der Waals surface area (Å²) in [6.07, 6.45) is 1.76. The van der Waals surface area contributed by atoms with E-state index in [9.17, 15) is 4.79 Å². The number of amides is 1. The predicted molar refractivity (Wildman–Crippen MR) is 119 cm³/mol. The second-order valence-corrected chi connectivity index (χ2v) is 7.68. The molecule has 1 N–H and O–H groups in total. The number of halogens is 1. The first kappa shape index (κ1) is 18.6. The quantitative estimate of drug-likeness (QED) is 0.541. The maximum atomic E-state index is 13.0. The third kappa shape index (κ3) is 3.50. The Bertz CT molecular complexity index is 1200. The standard InChI is InChI=1S/C23H20ClN5O/c24-18-8-4-5-9-20(18)28-10-12-29(13-11-28)23(30)19-14-17-15-25-21(27-22(17)26-19)16-6-2-1-3-7-16/h1-9,14-15H,10-13H2,(H,25,26,27). The number of fused-ring (bicyclic) bond motifs is 1. The van der Waals surface area contributed by atoms with Gasteiger partial charge in [0.2, 0.25) is 0 Å². The molecule has 2 aromatic heterocycles. The third-order valence-electron chi connectivity index (χ3n) is 5.39. The van der Waals surface area contributed by atoms with E-state index in [1.54, 1.807) is 6.20 Å². The lowest BCUT2D eigenvalue weighted by Gasteiger charge is -2.36. The zero-order valence-electron chi connectivity index (χ0n) is 16.3. The Morgan fingerprint density at radius 1 is 0.967 bits per heavy atom. The van der Waals surface area contributed by atoms with E-state index in [1.807, 2.05) is 65.6 Å². The van der Waals surface area contributed by atoms with Gasteiger partial charge in [-0.05, 0) is 18.2 Å². The Hall–Kier alpha value is -3.38. The van der Waals surface area contributed by atoms with Crippen molar-refractivity contribution in [2.45, 2.75) is 0 Å². The number of rotatable bonds is 3. The predicted octanol–water partition coefficient (Wildman–Crippen LogP) is 4.24. The molecule has 0 unspecified atom stereocenters. The molecule has 1 fully saturated rings. The van der Waals surface area contributed by atoms with Gasteiger partial charge in [-0.15, -0.1) is 0 Å². The van der Waals surface area contributed by atoms with E-state index in [-0.39, 0.29) is 5.91 Å². The lowest BCUT2D eigenvalue weighted by molar-refractivity contribution is 0.0742. The highest BCUT2D eigenvalue weighted by Crippen LogP contribution is 2.26. The highest BCUT2D eigenvalue weighted by molar-refractivity contribution is 6.33. The van der Waals surface area contributed by atoms with Crippen LogP contribution in [0.1, 0.15) is 10.5 Å². The van der Waals surface area contributed by atoms with Crippen molar-refractivity contribution in [1.29, 1.82) is 0 Å². The Labute approximate surface area is 179 Å². The molecule has 0 aliphatic carbocycles. The summed E-state index contributed by atoms with van der Waals surface area (Å²) in [6, 6.07) is 19.4. The average Bonchev–Trinajstić information content (AvgIpc) is 3.23. The molecule has 0 spiro atoms. The summed E-state index contributed by atoms with van der Waals surface area (Å²) in [5.41, 5.74) is 3.16. The van der Waals surface area contributed by atoms with Crippen LogP contribution in [0.5, 0.6) is 0 Å². The number of hydrogen-bond donors (Lipinski definition) is 1. The monoisotopic (exact) mass is 417 g/mol. The van der Waals surface area contributed by atoms with Crippen molar-refractivity contribution in [3.63, 3.8) is 0 Å². The van der Waals surface area contributed by atoms with Crippen LogP contribution in [0.3, 0.4) is 0 Å². The van der Waals surface area contributed by atoms with Gasteiger partial charge in [0.25, 0.3) is 5.91 Å². The van der Waals surface area contributed by atoms with E-state index in [1.165, 1.54) is 0 Å². The molecule has 1 aliphatic heterocycles. The van der Waals surface area contributed by atoms with E-state index in [2.05, 4.69) is 19.9 Å². The summed E-state index contributed by atoms with van der Waals surface area (Å²) >= 11 is 6.31. The molecule has 30 heavy (non-hydrogen) atoms. The number of nitrogens with one attached hydrogen (secondary N) is 1. The minimum absolute atomic E-state index is 0.0203. The third-order valence-corrected chi connectivity index (χ3v) is 5.71. The van der Waals surface area contributed by atoms with Crippen LogP contribution in [0.25, 0.3) is 22.4 Å². The first-order chi connectivity index (χ1) is 14.7. The van der Waals surface area contributed by atoms with Gasteiger partial charge in [-0.2, -0.15) is 0 Å². The number of para-hydroxylation sites is 1. The van der Waals surface area contributed by atoms with Crippen LogP contribution in [0.4, 0.5) is 5.69 Å². The number of anilines is 1. The lowest BCUT2D eigenvalue weighted by atomic mass is 10.2. The van der Waals surface area contributed by atoms with Crippen molar-refractivity contribution in [3.05, 3.63) is 77.6 Å². The molecular weight excluding hydrogens is 398 g/mol. The molecule has 0 bridgehead atoms. The molecule has 5 rings (SSSR count). The van der Waals surface area contributed by atoms with E-state index < -0.39 is 0 Å². The van der Waals surface area contributed by atoms with Crippen LogP contribution in [0.2, 0.25) is 5.02 Å². The number of nitrogens with zero attached hydrogens (tertiary/aromatic N) is 4. The molecule has 7 heteroatoms. The number of carbonyl (C=O) groups excluding carboxylic acids is 1. The summed E-state index contributed by atoms with van der Waals surface area (Å²) < 4.78 is 0. The largest absolute Gasteiger partial charge is 0.367 e. The van der Waals surface area contributed by atoms with Crippen LogP contribution < -0.4 is 4.90 Å². The number of piperazine rings is 1. The number of carbonyl (C=O) groups is 1. The molecule has 150 valence electrons. The summed E-state index contributed by atoms with van der Waals surface area (Å²) in [7, 11) is 0. The van der Waals surface area contributed by atoms with Crippen molar-refractivity contribution in [2.75, 3.05) is 31.1 Å². The smallest absolute Gasteiger partial charge is 0.270 e. The van der Waals surface area contributed by atoms with Gasteiger partial charge >= 0.3 is 0 Å². The molecule has 2 aromatic carbocycles. The Morgan fingerprint density at radius 3 is 2.47 bits per heavy atom. The second kappa shape index (κ2) is 7.80. The fourth-order valence-corrected chi connectivity index (χ4v) is 4.04. The Kier molecular flexibility index (Phi) is 4.85. The van der Waals surface area contributed by atoms with Crippen LogP contribution in [0.15, 0.2) is 66.9 Å². The highest BCUT2D eigenvalue weighted by atomic mass is 35.5. The van der Waals surface area contributed by atoms with Crippen molar-refractivity contribution in [3.8, 4) is 11.4 Å². The molecule has 6 nitrogen and oxygen atoms in total. The van der Waals surface area contributed by atoms with E-state index in [0.717, 1.165) is 34.7 Å². The molecule has 1 aliphatic rings. The van der Waals surface area contributed by atoms with Crippen molar-refractivity contribution in [1.82, 2.24) is 19.9 Å². The number of hydrogen-bond acceptors (Lipinski definition) is 4.